The van der Waals surface area contributed by atoms with Crippen molar-refractivity contribution in [1.29, 1.82) is 0 Å². The van der Waals surface area contributed by atoms with E-state index in [1.165, 1.54) is 25.7 Å². The number of aromatic nitrogens is 2. The third-order valence-corrected chi connectivity index (χ3v) is 3.16. The molecule has 2 rings (SSSR count). The fourth-order valence-electron chi connectivity index (χ4n) is 2.38. The summed E-state index contributed by atoms with van der Waals surface area (Å²) >= 11 is 0. The molecule has 1 heterocycles. The van der Waals surface area contributed by atoms with Crippen LogP contribution < -0.4 is 0 Å². The van der Waals surface area contributed by atoms with Gasteiger partial charge in [0.1, 0.15) is 0 Å². The predicted octanol–water partition coefficient (Wildman–Crippen LogP) is 1.15. The first-order valence-electron chi connectivity index (χ1n) is 5.73. The number of H-pyrrole nitrogens is 1. The molecule has 4 heteroatoms. The topological polar surface area (TPSA) is 52.1 Å². The molecule has 0 aliphatic heterocycles. The molecule has 15 heavy (non-hydrogen) atoms. The van der Waals surface area contributed by atoms with Crippen LogP contribution in [0, 0.1) is 0 Å². The second-order valence-electron chi connectivity index (χ2n) is 4.21. The van der Waals surface area contributed by atoms with Gasteiger partial charge < -0.3 is 5.11 Å². The van der Waals surface area contributed by atoms with E-state index >= 15 is 0 Å². The summed E-state index contributed by atoms with van der Waals surface area (Å²) in [5.41, 5.74) is 1.13. The van der Waals surface area contributed by atoms with Crippen LogP contribution in [-0.4, -0.2) is 39.4 Å². The zero-order valence-corrected chi connectivity index (χ0v) is 9.02. The van der Waals surface area contributed by atoms with E-state index in [1.807, 2.05) is 6.07 Å². The van der Waals surface area contributed by atoms with Crippen LogP contribution in [0.15, 0.2) is 12.3 Å². The summed E-state index contributed by atoms with van der Waals surface area (Å²) in [6, 6.07) is 2.65. The quantitative estimate of drug-likeness (QED) is 0.764. The van der Waals surface area contributed by atoms with Crippen molar-refractivity contribution in [3.05, 3.63) is 18.0 Å². The van der Waals surface area contributed by atoms with Crippen molar-refractivity contribution in [3.8, 4) is 0 Å². The third kappa shape index (κ3) is 2.79. The molecule has 0 bridgehead atoms. The molecule has 1 aliphatic carbocycles. The van der Waals surface area contributed by atoms with Gasteiger partial charge in [-0.05, 0) is 18.9 Å². The summed E-state index contributed by atoms with van der Waals surface area (Å²) in [6.45, 7) is 1.89. The molecular formula is C11H19N3O. The number of nitrogens with zero attached hydrogens (tertiary/aromatic N) is 2. The average Bonchev–Trinajstić information content (AvgIpc) is 2.89. The molecule has 0 aromatic carbocycles. The highest BCUT2D eigenvalue weighted by Gasteiger charge is 2.22. The van der Waals surface area contributed by atoms with Crippen LogP contribution >= 0.6 is 0 Å². The number of aromatic amines is 1. The summed E-state index contributed by atoms with van der Waals surface area (Å²) < 4.78 is 0. The van der Waals surface area contributed by atoms with E-state index in [4.69, 9.17) is 5.11 Å². The minimum Gasteiger partial charge on any atom is -0.395 e. The molecule has 0 spiro atoms. The van der Waals surface area contributed by atoms with Crippen LogP contribution in [0.25, 0.3) is 0 Å². The Bertz CT molecular complexity index is 267. The molecule has 1 fully saturated rings. The van der Waals surface area contributed by atoms with Crippen LogP contribution in [0.3, 0.4) is 0 Å². The normalized spacial score (nSPS) is 17.7. The second kappa shape index (κ2) is 5.28. The molecule has 2 N–H and O–H groups in total. The van der Waals surface area contributed by atoms with Crippen molar-refractivity contribution in [2.45, 2.75) is 38.3 Å². The maximum absolute atomic E-state index is 9.06. The lowest BCUT2D eigenvalue weighted by atomic mass is 10.2. The molecular weight excluding hydrogens is 190 g/mol. The fraction of sp³-hybridized carbons (Fsp3) is 0.727. The van der Waals surface area contributed by atoms with E-state index in [1.54, 1.807) is 6.20 Å². The number of hydrogen-bond donors (Lipinski definition) is 2. The van der Waals surface area contributed by atoms with E-state index < -0.39 is 0 Å². The van der Waals surface area contributed by atoms with Crippen molar-refractivity contribution in [1.82, 2.24) is 15.1 Å². The van der Waals surface area contributed by atoms with Gasteiger partial charge in [0.25, 0.3) is 0 Å². The molecule has 0 unspecified atom stereocenters. The largest absolute Gasteiger partial charge is 0.395 e. The van der Waals surface area contributed by atoms with E-state index in [9.17, 15) is 0 Å². The summed E-state index contributed by atoms with van der Waals surface area (Å²) in [5.74, 6) is 0. The highest BCUT2D eigenvalue weighted by molar-refractivity contribution is 4.98. The van der Waals surface area contributed by atoms with Gasteiger partial charge in [-0.25, -0.2) is 0 Å². The Balaban J connectivity index is 1.93. The standard InChI is InChI=1S/C11H19N3O/c15-8-7-14(11-3-1-2-4-11)9-10-5-6-12-13-10/h5-6,11,15H,1-4,7-9H2,(H,12,13). The van der Waals surface area contributed by atoms with Crippen LogP contribution in [0.2, 0.25) is 0 Å². The molecule has 0 amide bonds. The van der Waals surface area contributed by atoms with Gasteiger partial charge in [0.2, 0.25) is 0 Å². The van der Waals surface area contributed by atoms with E-state index in [0.29, 0.717) is 6.04 Å². The molecule has 1 aromatic heterocycles. The fourth-order valence-corrected chi connectivity index (χ4v) is 2.38. The first-order chi connectivity index (χ1) is 7.40. The highest BCUT2D eigenvalue weighted by atomic mass is 16.3. The predicted molar refractivity (Wildman–Crippen MR) is 58.3 cm³/mol. The Morgan fingerprint density at radius 1 is 1.47 bits per heavy atom. The van der Waals surface area contributed by atoms with Gasteiger partial charge in [-0.2, -0.15) is 5.10 Å². The lowest BCUT2D eigenvalue weighted by Gasteiger charge is -2.27. The van der Waals surface area contributed by atoms with Crippen molar-refractivity contribution in [3.63, 3.8) is 0 Å². The Kier molecular flexibility index (Phi) is 3.75. The van der Waals surface area contributed by atoms with Crippen LogP contribution in [0.5, 0.6) is 0 Å². The number of nitrogens with one attached hydrogen (secondary N) is 1. The smallest absolute Gasteiger partial charge is 0.0558 e. The molecule has 84 valence electrons. The zero-order valence-electron chi connectivity index (χ0n) is 9.02. The number of hydrogen-bond acceptors (Lipinski definition) is 3. The van der Waals surface area contributed by atoms with Gasteiger partial charge in [0.05, 0.1) is 6.61 Å². The van der Waals surface area contributed by atoms with Gasteiger partial charge >= 0.3 is 0 Å². The minimum atomic E-state index is 0.241. The first kappa shape index (κ1) is 10.6. The number of rotatable bonds is 5. The van der Waals surface area contributed by atoms with Crippen molar-refractivity contribution in [2.75, 3.05) is 13.2 Å². The Morgan fingerprint density at radius 2 is 2.27 bits per heavy atom. The van der Waals surface area contributed by atoms with Gasteiger partial charge in [-0.3, -0.25) is 10.00 Å². The Morgan fingerprint density at radius 3 is 2.87 bits per heavy atom. The second-order valence-corrected chi connectivity index (χ2v) is 4.21. The van der Waals surface area contributed by atoms with Crippen molar-refractivity contribution in [2.24, 2.45) is 0 Å². The van der Waals surface area contributed by atoms with Crippen LogP contribution in [0.1, 0.15) is 31.4 Å². The highest BCUT2D eigenvalue weighted by Crippen LogP contribution is 2.24. The SMILES string of the molecule is OCCN(Cc1ccn[nH]1)C1CCCC1. The Hall–Kier alpha value is -0.870. The third-order valence-electron chi connectivity index (χ3n) is 3.16. The van der Waals surface area contributed by atoms with Crippen molar-refractivity contribution < 1.29 is 5.11 Å². The molecule has 4 nitrogen and oxygen atoms in total. The molecule has 0 atom stereocenters. The summed E-state index contributed by atoms with van der Waals surface area (Å²) in [7, 11) is 0. The average molecular weight is 209 g/mol. The lowest BCUT2D eigenvalue weighted by Crippen LogP contribution is -2.35. The molecule has 1 aliphatic rings. The number of aliphatic hydroxyl groups excluding tert-OH is 1. The van der Waals surface area contributed by atoms with Gasteiger partial charge in [0, 0.05) is 31.0 Å². The van der Waals surface area contributed by atoms with Gasteiger partial charge in [-0.15, -0.1) is 0 Å². The first-order valence-corrected chi connectivity index (χ1v) is 5.73. The lowest BCUT2D eigenvalue weighted by molar-refractivity contribution is 0.143. The monoisotopic (exact) mass is 209 g/mol. The van der Waals surface area contributed by atoms with E-state index in [0.717, 1.165) is 18.8 Å². The maximum atomic E-state index is 9.06. The van der Waals surface area contributed by atoms with Crippen LogP contribution in [-0.2, 0) is 6.54 Å². The van der Waals surface area contributed by atoms with Gasteiger partial charge in [-0.1, -0.05) is 12.8 Å². The number of aliphatic hydroxyl groups is 1. The minimum absolute atomic E-state index is 0.241. The van der Waals surface area contributed by atoms with E-state index in [2.05, 4.69) is 15.1 Å². The van der Waals surface area contributed by atoms with E-state index in [-0.39, 0.29) is 6.61 Å². The molecule has 0 radical (unpaired) electrons. The van der Waals surface area contributed by atoms with Crippen LogP contribution in [0.4, 0.5) is 0 Å². The molecule has 1 aromatic rings. The maximum Gasteiger partial charge on any atom is 0.0558 e. The summed E-state index contributed by atoms with van der Waals surface area (Å²) in [4.78, 5) is 2.36. The Labute approximate surface area is 90.3 Å². The molecule has 0 saturated heterocycles. The zero-order chi connectivity index (χ0) is 10.5. The summed E-state index contributed by atoms with van der Waals surface area (Å²) in [6.07, 6.45) is 6.98. The molecule has 1 saturated carbocycles. The summed E-state index contributed by atoms with van der Waals surface area (Å²) in [5, 5.41) is 16.0. The van der Waals surface area contributed by atoms with Gasteiger partial charge in [0.15, 0.2) is 0 Å². The van der Waals surface area contributed by atoms with Crippen molar-refractivity contribution >= 4 is 0 Å².